The number of carbonyl (C=O) groups is 3. The van der Waals surface area contributed by atoms with Crippen LogP contribution >= 0.6 is 11.6 Å². The molecule has 0 atom stereocenters. The highest BCUT2D eigenvalue weighted by atomic mass is 35.5. The van der Waals surface area contributed by atoms with E-state index in [1.165, 1.54) is 6.20 Å². The summed E-state index contributed by atoms with van der Waals surface area (Å²) in [5.41, 5.74) is 0.515. The van der Waals surface area contributed by atoms with E-state index in [0.717, 1.165) is 12.8 Å². The number of pyridine rings is 2. The van der Waals surface area contributed by atoms with E-state index in [9.17, 15) is 14.4 Å². The number of anilines is 2. The van der Waals surface area contributed by atoms with Gasteiger partial charge in [-0.3, -0.25) is 14.4 Å². The smallest absolute Gasteiger partial charge is 0.294 e. The molecule has 0 bridgehead atoms. The summed E-state index contributed by atoms with van der Waals surface area (Å²) in [6, 6.07) is 6.74. The highest BCUT2D eigenvalue weighted by molar-refractivity contribution is 6.30. The number of morpholine rings is 1. The molecule has 3 aromatic heterocycles. The lowest BCUT2D eigenvalue weighted by molar-refractivity contribution is -0.146. The second-order valence-corrected chi connectivity index (χ2v) is 9.05. The van der Waals surface area contributed by atoms with Crippen LogP contribution in [-0.4, -0.2) is 58.4 Å². The van der Waals surface area contributed by atoms with Crippen LogP contribution in [0.3, 0.4) is 0 Å². The Kier molecular flexibility index (Phi) is 6.65. The largest absolute Gasteiger partial charge is 0.430 e. The van der Waals surface area contributed by atoms with Crippen molar-refractivity contribution in [2.75, 3.05) is 30.4 Å². The number of halogens is 1. The van der Waals surface area contributed by atoms with Crippen molar-refractivity contribution in [2.24, 2.45) is 5.92 Å². The quantitative estimate of drug-likeness (QED) is 0.552. The van der Waals surface area contributed by atoms with Crippen LogP contribution < -0.4 is 10.6 Å². The van der Waals surface area contributed by atoms with Crippen LogP contribution in [0.15, 0.2) is 41.1 Å². The van der Waals surface area contributed by atoms with E-state index in [1.54, 1.807) is 30.5 Å². The van der Waals surface area contributed by atoms with Crippen LogP contribution in [0.5, 0.6) is 0 Å². The molecule has 4 heterocycles. The van der Waals surface area contributed by atoms with Gasteiger partial charge >= 0.3 is 0 Å². The van der Waals surface area contributed by atoms with Gasteiger partial charge in [0, 0.05) is 30.9 Å². The minimum atomic E-state index is -0.567. The summed E-state index contributed by atoms with van der Waals surface area (Å²) in [5, 5.41) is 6.53. The maximum atomic E-state index is 13.2. The zero-order valence-corrected chi connectivity index (χ0v) is 19.6. The Hall–Kier alpha value is -3.50. The molecule has 1 aliphatic carbocycles. The van der Waals surface area contributed by atoms with Crippen molar-refractivity contribution in [1.82, 2.24) is 14.9 Å². The van der Waals surface area contributed by atoms with Crippen LogP contribution in [0.2, 0.25) is 5.02 Å². The third-order valence-corrected chi connectivity index (χ3v) is 6.64. The van der Waals surface area contributed by atoms with Crippen molar-refractivity contribution in [3.63, 3.8) is 0 Å². The number of fused-ring (bicyclic) bond motifs is 1. The van der Waals surface area contributed by atoms with Gasteiger partial charge in [0.1, 0.15) is 18.1 Å². The third kappa shape index (κ3) is 4.98. The van der Waals surface area contributed by atoms with Gasteiger partial charge in [-0.1, -0.05) is 11.6 Å². The SMILES string of the molecule is O=C(Nc1ccc(Cl)cn1)c1oc2ncccc2c1NC(=O)[C@H]1CC[C@H](N2CCOCC2=O)CC1. The fourth-order valence-corrected chi connectivity index (χ4v) is 4.74. The number of hydrogen-bond donors (Lipinski definition) is 2. The van der Waals surface area contributed by atoms with E-state index in [0.29, 0.717) is 42.2 Å². The maximum Gasteiger partial charge on any atom is 0.294 e. The second-order valence-electron chi connectivity index (χ2n) is 8.61. The fraction of sp³-hybridized carbons (Fsp3) is 0.375. The molecular weight excluding hydrogens is 474 g/mol. The molecule has 5 rings (SSSR count). The molecule has 2 fully saturated rings. The van der Waals surface area contributed by atoms with Crippen molar-refractivity contribution in [1.29, 1.82) is 0 Å². The first-order valence-corrected chi connectivity index (χ1v) is 11.9. The lowest BCUT2D eigenvalue weighted by Crippen LogP contribution is -2.49. The van der Waals surface area contributed by atoms with E-state index in [1.807, 2.05) is 4.90 Å². The molecule has 1 aliphatic heterocycles. The number of ether oxygens (including phenoxy) is 1. The minimum Gasteiger partial charge on any atom is -0.430 e. The van der Waals surface area contributed by atoms with E-state index >= 15 is 0 Å². The summed E-state index contributed by atoms with van der Waals surface area (Å²) in [5.74, 6) is -0.757. The summed E-state index contributed by atoms with van der Waals surface area (Å²) >= 11 is 5.86. The highest BCUT2D eigenvalue weighted by Crippen LogP contribution is 2.33. The van der Waals surface area contributed by atoms with E-state index in [2.05, 4.69) is 20.6 Å². The molecule has 3 aromatic rings. The zero-order chi connectivity index (χ0) is 24.4. The molecule has 0 spiro atoms. The average Bonchev–Trinajstić information content (AvgIpc) is 3.24. The van der Waals surface area contributed by atoms with Crippen molar-refractivity contribution >= 4 is 51.9 Å². The second kappa shape index (κ2) is 10.0. The third-order valence-electron chi connectivity index (χ3n) is 6.42. The summed E-state index contributed by atoms with van der Waals surface area (Å²) in [7, 11) is 0. The molecular formula is C24H24ClN5O5. The van der Waals surface area contributed by atoms with Gasteiger partial charge < -0.3 is 24.7 Å². The number of carbonyl (C=O) groups excluding carboxylic acids is 3. The molecule has 182 valence electrons. The van der Waals surface area contributed by atoms with Gasteiger partial charge in [-0.05, 0) is 49.9 Å². The molecule has 11 heteroatoms. The summed E-state index contributed by atoms with van der Waals surface area (Å²) in [4.78, 5) is 48.5. The van der Waals surface area contributed by atoms with E-state index in [4.69, 9.17) is 20.8 Å². The number of furan rings is 1. The first kappa shape index (κ1) is 23.3. The van der Waals surface area contributed by atoms with Crippen molar-refractivity contribution in [3.05, 3.63) is 47.4 Å². The lowest BCUT2D eigenvalue weighted by atomic mass is 9.84. The molecule has 10 nitrogen and oxygen atoms in total. The van der Waals surface area contributed by atoms with Crippen LogP contribution in [0.4, 0.5) is 11.5 Å². The number of nitrogens with one attached hydrogen (secondary N) is 2. The molecule has 1 saturated carbocycles. The number of nitrogens with zero attached hydrogens (tertiary/aromatic N) is 3. The Morgan fingerprint density at radius 1 is 1.09 bits per heavy atom. The first-order chi connectivity index (χ1) is 17.0. The normalized spacial score (nSPS) is 20.6. The van der Waals surface area contributed by atoms with Crippen LogP contribution in [0, 0.1) is 5.92 Å². The molecule has 2 aliphatic rings. The average molecular weight is 498 g/mol. The highest BCUT2D eigenvalue weighted by Gasteiger charge is 2.34. The minimum absolute atomic E-state index is 0.00681. The standard InChI is InChI=1S/C24H24ClN5O5/c25-15-5-8-18(27-12-15)28-23(33)21-20(17-2-1-9-26-24(17)35-21)29-22(32)14-3-6-16(7-4-14)30-10-11-34-13-19(30)31/h1-2,5,8-9,12,14,16H,3-4,6-7,10-11,13H2,(H,29,32)(H,27,28,33)/t14-,16-. The molecule has 0 unspecified atom stereocenters. The number of hydrogen-bond acceptors (Lipinski definition) is 7. The Morgan fingerprint density at radius 2 is 1.91 bits per heavy atom. The van der Waals surface area contributed by atoms with Crippen molar-refractivity contribution in [2.45, 2.75) is 31.7 Å². The van der Waals surface area contributed by atoms with Gasteiger partial charge in [0.2, 0.25) is 23.3 Å². The molecule has 35 heavy (non-hydrogen) atoms. The summed E-state index contributed by atoms with van der Waals surface area (Å²) < 4.78 is 10.9. The monoisotopic (exact) mass is 497 g/mol. The van der Waals surface area contributed by atoms with E-state index < -0.39 is 5.91 Å². The van der Waals surface area contributed by atoms with Gasteiger partial charge in [0.15, 0.2) is 0 Å². The number of rotatable bonds is 5. The summed E-state index contributed by atoms with van der Waals surface area (Å²) in [6.07, 6.45) is 5.74. The Bertz CT molecular complexity index is 1250. The number of amides is 3. The van der Waals surface area contributed by atoms with E-state index in [-0.39, 0.29) is 47.5 Å². The topological polar surface area (TPSA) is 127 Å². The molecule has 2 N–H and O–H groups in total. The predicted octanol–water partition coefficient (Wildman–Crippen LogP) is 3.48. The zero-order valence-electron chi connectivity index (χ0n) is 18.8. The number of aromatic nitrogens is 2. The Balaban J connectivity index is 1.30. The van der Waals surface area contributed by atoms with Gasteiger partial charge in [-0.15, -0.1) is 0 Å². The van der Waals surface area contributed by atoms with Crippen LogP contribution in [0.1, 0.15) is 36.2 Å². The van der Waals surface area contributed by atoms with Crippen LogP contribution in [0.25, 0.3) is 11.1 Å². The van der Waals surface area contributed by atoms with Crippen LogP contribution in [-0.2, 0) is 14.3 Å². The predicted molar refractivity (Wildman–Crippen MR) is 128 cm³/mol. The van der Waals surface area contributed by atoms with Gasteiger partial charge in [-0.25, -0.2) is 9.97 Å². The first-order valence-electron chi connectivity index (χ1n) is 11.5. The van der Waals surface area contributed by atoms with Gasteiger partial charge in [-0.2, -0.15) is 0 Å². The molecule has 3 amide bonds. The Labute approximate surface area is 206 Å². The van der Waals surface area contributed by atoms with Gasteiger partial charge in [0.05, 0.1) is 17.0 Å². The van der Waals surface area contributed by atoms with Gasteiger partial charge in [0.25, 0.3) is 5.91 Å². The lowest BCUT2D eigenvalue weighted by Gasteiger charge is -2.38. The Morgan fingerprint density at radius 3 is 2.66 bits per heavy atom. The maximum absolute atomic E-state index is 13.2. The molecule has 1 saturated heterocycles. The molecule has 0 radical (unpaired) electrons. The summed E-state index contributed by atoms with van der Waals surface area (Å²) in [6.45, 7) is 1.26. The van der Waals surface area contributed by atoms with Crippen molar-refractivity contribution in [3.8, 4) is 0 Å². The molecule has 0 aromatic carbocycles. The van der Waals surface area contributed by atoms with Crippen molar-refractivity contribution < 1.29 is 23.5 Å². The fourth-order valence-electron chi connectivity index (χ4n) is 4.63.